The smallest absolute Gasteiger partial charge is 0.00377 e. The molecule has 0 saturated carbocycles. The standard InChI is InChI=1S/C3H14N4S/c1-5-8(4,6-2)7-3/h5-7H,4H2,1-3H3. The summed E-state index contributed by atoms with van der Waals surface area (Å²) in [5, 5.41) is 5.65. The first kappa shape index (κ1) is 8.19. The molecule has 0 unspecified atom stereocenters. The number of nitrogens with two attached hydrogens (primary N) is 1. The van der Waals surface area contributed by atoms with Crippen LogP contribution in [0.25, 0.3) is 0 Å². The molecule has 0 amide bonds. The first-order valence-corrected chi connectivity index (χ1v) is 4.04. The van der Waals surface area contributed by atoms with Crippen molar-refractivity contribution >= 4 is 10.8 Å². The van der Waals surface area contributed by atoms with Gasteiger partial charge in [0.15, 0.2) is 0 Å². The van der Waals surface area contributed by atoms with Gasteiger partial charge < -0.3 is 0 Å². The van der Waals surface area contributed by atoms with Crippen LogP contribution in [-0.2, 0) is 0 Å². The molecule has 0 rings (SSSR count). The Bertz CT molecular complexity index is 54.0. The third-order valence-electron chi connectivity index (χ3n) is 0.966. The van der Waals surface area contributed by atoms with Crippen LogP contribution in [-0.4, -0.2) is 21.1 Å². The highest BCUT2D eigenvalue weighted by Gasteiger charge is 2.06. The Morgan fingerprint density at radius 2 is 1.25 bits per heavy atom. The molecule has 0 aromatic carbocycles. The highest BCUT2D eigenvalue weighted by Crippen LogP contribution is 2.18. The van der Waals surface area contributed by atoms with Crippen LogP contribution in [0.2, 0.25) is 0 Å². The van der Waals surface area contributed by atoms with Crippen molar-refractivity contribution in [2.75, 3.05) is 21.1 Å². The van der Waals surface area contributed by atoms with Crippen LogP contribution in [0.1, 0.15) is 0 Å². The maximum atomic E-state index is 5.65. The van der Waals surface area contributed by atoms with E-state index in [-0.39, 0.29) is 0 Å². The first-order valence-electron chi connectivity index (χ1n) is 2.35. The molecule has 5 N–H and O–H groups in total. The second-order valence-electron chi connectivity index (χ2n) is 1.27. The van der Waals surface area contributed by atoms with Crippen LogP contribution in [0.4, 0.5) is 0 Å². The molecule has 4 nitrogen and oxygen atoms in total. The van der Waals surface area contributed by atoms with Gasteiger partial charge in [0.05, 0.1) is 0 Å². The number of hydrogen-bond donors (Lipinski definition) is 4. The number of rotatable bonds is 3. The van der Waals surface area contributed by atoms with Crippen molar-refractivity contribution in [3.8, 4) is 0 Å². The predicted molar refractivity (Wildman–Crippen MR) is 39.0 cm³/mol. The Hall–Kier alpha value is 0.190. The van der Waals surface area contributed by atoms with Gasteiger partial charge in [-0.1, -0.05) is 0 Å². The molecule has 0 aromatic heterocycles. The van der Waals surface area contributed by atoms with Gasteiger partial charge in [0, 0.05) is 0 Å². The summed E-state index contributed by atoms with van der Waals surface area (Å²) in [6.07, 6.45) is 0. The van der Waals surface area contributed by atoms with Crippen molar-refractivity contribution in [1.29, 1.82) is 0 Å². The summed E-state index contributed by atoms with van der Waals surface area (Å²) < 4.78 is 8.75. The van der Waals surface area contributed by atoms with E-state index in [1.807, 2.05) is 21.1 Å². The molecule has 0 spiro atoms. The third-order valence-corrected chi connectivity index (χ3v) is 2.90. The fourth-order valence-corrected chi connectivity index (χ4v) is 0.919. The lowest BCUT2D eigenvalue weighted by atomic mass is 11.6. The van der Waals surface area contributed by atoms with Gasteiger partial charge in [-0.3, -0.25) is 5.14 Å². The lowest BCUT2D eigenvalue weighted by molar-refractivity contribution is 1.06. The summed E-state index contributed by atoms with van der Waals surface area (Å²) in [5.41, 5.74) is 0. The van der Waals surface area contributed by atoms with Gasteiger partial charge in [-0.05, 0) is 31.9 Å². The van der Waals surface area contributed by atoms with Crippen LogP contribution in [0, 0.1) is 0 Å². The molecule has 5 heteroatoms. The molecule has 0 radical (unpaired) electrons. The second-order valence-corrected chi connectivity index (χ2v) is 3.82. The molecule has 52 valence electrons. The molecule has 0 fully saturated rings. The highest BCUT2D eigenvalue weighted by molar-refractivity contribution is 8.27. The molecule has 8 heavy (non-hydrogen) atoms. The minimum Gasteiger partial charge on any atom is -0.260 e. The van der Waals surface area contributed by atoms with E-state index >= 15 is 0 Å². The van der Waals surface area contributed by atoms with Gasteiger partial charge >= 0.3 is 0 Å². The van der Waals surface area contributed by atoms with Crippen LogP contribution in [0.3, 0.4) is 0 Å². The molecular formula is C3H14N4S. The molecular weight excluding hydrogens is 124 g/mol. The van der Waals surface area contributed by atoms with E-state index < -0.39 is 10.8 Å². The van der Waals surface area contributed by atoms with Crippen molar-refractivity contribution in [3.63, 3.8) is 0 Å². The van der Waals surface area contributed by atoms with Gasteiger partial charge in [-0.15, -0.1) is 0 Å². The summed E-state index contributed by atoms with van der Waals surface area (Å²) >= 11 is 0. The predicted octanol–water partition coefficient (Wildman–Crippen LogP) is -0.932. The lowest BCUT2D eigenvalue weighted by Crippen LogP contribution is -2.43. The molecule has 0 saturated heterocycles. The number of hydrogen-bond acceptors (Lipinski definition) is 4. The van der Waals surface area contributed by atoms with Gasteiger partial charge in [0.25, 0.3) is 0 Å². The zero-order valence-electron chi connectivity index (χ0n) is 5.49. The monoisotopic (exact) mass is 138 g/mol. The molecule has 0 aliphatic rings. The molecule has 0 aliphatic heterocycles. The van der Waals surface area contributed by atoms with Crippen LogP contribution in [0.15, 0.2) is 0 Å². The average molecular weight is 138 g/mol. The zero-order chi connectivity index (χ0) is 6.62. The van der Waals surface area contributed by atoms with Crippen molar-refractivity contribution in [3.05, 3.63) is 0 Å². The topological polar surface area (TPSA) is 62.1 Å². The van der Waals surface area contributed by atoms with Crippen molar-refractivity contribution < 1.29 is 0 Å². The molecule has 0 bridgehead atoms. The Morgan fingerprint density at radius 3 is 1.25 bits per heavy atom. The van der Waals surface area contributed by atoms with E-state index in [1.54, 1.807) is 0 Å². The lowest BCUT2D eigenvalue weighted by Gasteiger charge is -2.33. The van der Waals surface area contributed by atoms with Crippen LogP contribution < -0.4 is 19.3 Å². The summed E-state index contributed by atoms with van der Waals surface area (Å²) in [4.78, 5) is 0. The van der Waals surface area contributed by atoms with E-state index in [1.165, 1.54) is 0 Å². The fraction of sp³-hybridized carbons (Fsp3) is 1.00. The van der Waals surface area contributed by atoms with Crippen LogP contribution in [0.5, 0.6) is 0 Å². The van der Waals surface area contributed by atoms with Crippen molar-refractivity contribution in [1.82, 2.24) is 14.2 Å². The Balaban J connectivity index is 3.58. The van der Waals surface area contributed by atoms with E-state index in [9.17, 15) is 0 Å². The summed E-state index contributed by atoms with van der Waals surface area (Å²) in [6.45, 7) is 0. The zero-order valence-corrected chi connectivity index (χ0v) is 6.30. The summed E-state index contributed by atoms with van der Waals surface area (Å²) in [5.74, 6) is 0. The normalized spacial score (nSPS) is 14.0. The Morgan fingerprint density at radius 1 is 1.00 bits per heavy atom. The fourth-order valence-electron chi connectivity index (χ4n) is 0.306. The molecule has 0 aliphatic carbocycles. The van der Waals surface area contributed by atoms with Crippen molar-refractivity contribution in [2.24, 2.45) is 5.14 Å². The maximum absolute atomic E-state index is 5.65. The minimum atomic E-state index is -1.40. The van der Waals surface area contributed by atoms with Crippen LogP contribution >= 0.6 is 10.8 Å². The van der Waals surface area contributed by atoms with Crippen molar-refractivity contribution in [2.45, 2.75) is 0 Å². The van der Waals surface area contributed by atoms with E-state index in [2.05, 4.69) is 14.2 Å². The highest BCUT2D eigenvalue weighted by atomic mass is 32.3. The number of nitrogens with one attached hydrogen (secondary N) is 3. The Labute approximate surface area is 52.1 Å². The SMILES string of the molecule is CNS(N)(NC)NC. The maximum Gasteiger partial charge on any atom is -0.00377 e. The van der Waals surface area contributed by atoms with E-state index in [0.29, 0.717) is 0 Å². The quantitative estimate of drug-likeness (QED) is 0.407. The van der Waals surface area contributed by atoms with E-state index in [4.69, 9.17) is 5.14 Å². The second kappa shape index (κ2) is 3.26. The Kier molecular flexibility index (Phi) is 3.34. The van der Waals surface area contributed by atoms with Gasteiger partial charge in [-0.2, -0.15) is 0 Å². The van der Waals surface area contributed by atoms with Gasteiger partial charge in [0.2, 0.25) is 0 Å². The minimum absolute atomic E-state index is 1.40. The first-order chi connectivity index (χ1) is 3.68. The average Bonchev–Trinajstić information content (AvgIpc) is 1.87. The molecule has 0 atom stereocenters. The van der Waals surface area contributed by atoms with E-state index in [0.717, 1.165) is 0 Å². The third kappa shape index (κ3) is 1.97. The molecule has 0 heterocycles. The van der Waals surface area contributed by atoms with Gasteiger partial charge in [-0.25, -0.2) is 14.2 Å². The van der Waals surface area contributed by atoms with Gasteiger partial charge in [0.1, 0.15) is 0 Å². The molecule has 0 aromatic rings. The summed E-state index contributed by atoms with van der Waals surface area (Å²) in [6, 6.07) is 0. The largest absolute Gasteiger partial charge is 0.260 e. The summed E-state index contributed by atoms with van der Waals surface area (Å²) in [7, 11) is 4.02.